The van der Waals surface area contributed by atoms with E-state index in [1.165, 1.54) is 5.69 Å². The van der Waals surface area contributed by atoms with Gasteiger partial charge in [-0.25, -0.2) is 0 Å². The van der Waals surface area contributed by atoms with Crippen LogP contribution in [0.2, 0.25) is 0 Å². The van der Waals surface area contributed by atoms with Crippen molar-refractivity contribution < 1.29 is 4.79 Å². The Hall–Kier alpha value is -0.640. The quantitative estimate of drug-likeness (QED) is 0.778. The first kappa shape index (κ1) is 12.8. The van der Waals surface area contributed by atoms with Crippen molar-refractivity contribution in [3.05, 3.63) is 16.4 Å². The van der Waals surface area contributed by atoms with Gasteiger partial charge < -0.3 is 0 Å². The van der Waals surface area contributed by atoms with Crippen LogP contribution in [0.15, 0.2) is 10.7 Å². The molecule has 3 nitrogen and oxygen atoms in total. The van der Waals surface area contributed by atoms with Gasteiger partial charge in [0.15, 0.2) is 0 Å². The molecule has 1 aliphatic rings. The third-order valence-electron chi connectivity index (χ3n) is 3.40. The Labute approximate surface area is 111 Å². The first-order valence-corrected chi connectivity index (χ1v) is 7.13. The van der Waals surface area contributed by atoms with Gasteiger partial charge in [0.2, 0.25) is 0 Å². The van der Waals surface area contributed by atoms with Crippen LogP contribution >= 0.6 is 15.9 Å². The lowest BCUT2D eigenvalue weighted by atomic mass is 9.96. The Morgan fingerprint density at radius 1 is 1.47 bits per heavy atom. The molecule has 0 N–H and O–H groups in total. The first-order chi connectivity index (χ1) is 8.09. The lowest BCUT2D eigenvalue weighted by molar-refractivity contribution is -0.119. The molecule has 0 amide bonds. The van der Waals surface area contributed by atoms with Gasteiger partial charge in [0, 0.05) is 24.8 Å². The molecule has 1 unspecified atom stereocenters. The number of Topliss-reactive ketones (excluding diaryl/α,β-unsaturated/α-hetero) is 1. The van der Waals surface area contributed by atoms with E-state index in [4.69, 9.17) is 0 Å². The van der Waals surface area contributed by atoms with E-state index in [2.05, 4.69) is 34.9 Å². The second-order valence-electron chi connectivity index (χ2n) is 5.10. The number of carbonyl (C=O) groups is 1. The molecule has 0 aromatic carbocycles. The highest BCUT2D eigenvalue weighted by atomic mass is 79.9. The molecular formula is C13H19BrN2O. The molecule has 0 aliphatic heterocycles. The maximum atomic E-state index is 11.7. The Kier molecular flexibility index (Phi) is 4.02. The zero-order valence-electron chi connectivity index (χ0n) is 10.4. The molecule has 17 heavy (non-hydrogen) atoms. The van der Waals surface area contributed by atoms with E-state index in [1.807, 2.05) is 10.9 Å². The van der Waals surface area contributed by atoms with E-state index in [-0.39, 0.29) is 0 Å². The molecule has 1 aromatic heterocycles. The summed E-state index contributed by atoms with van der Waals surface area (Å²) in [5.41, 5.74) is 1.20. The first-order valence-electron chi connectivity index (χ1n) is 6.34. The summed E-state index contributed by atoms with van der Waals surface area (Å²) in [6.45, 7) is 4.25. The van der Waals surface area contributed by atoms with Crippen molar-refractivity contribution in [2.45, 2.75) is 57.9 Å². The van der Waals surface area contributed by atoms with Crippen molar-refractivity contribution in [1.29, 1.82) is 0 Å². The number of ketones is 1. The molecule has 1 fully saturated rings. The summed E-state index contributed by atoms with van der Waals surface area (Å²) in [5, 5.41) is 4.40. The number of rotatable bonds is 2. The van der Waals surface area contributed by atoms with Crippen LogP contribution in [0, 0.1) is 0 Å². The van der Waals surface area contributed by atoms with Crippen molar-refractivity contribution in [3.63, 3.8) is 0 Å². The molecule has 4 heteroatoms. The summed E-state index contributed by atoms with van der Waals surface area (Å²) in [6, 6.07) is 0.342. The highest BCUT2D eigenvalue weighted by Crippen LogP contribution is 2.35. The molecule has 1 heterocycles. The number of hydrogen-bond donors (Lipinski definition) is 0. The number of carbonyl (C=O) groups excluding carboxylic acids is 1. The zero-order valence-corrected chi connectivity index (χ0v) is 12.0. The van der Waals surface area contributed by atoms with E-state index in [9.17, 15) is 4.79 Å². The van der Waals surface area contributed by atoms with Crippen LogP contribution in [0.3, 0.4) is 0 Å². The molecule has 0 bridgehead atoms. The van der Waals surface area contributed by atoms with Gasteiger partial charge in [-0.1, -0.05) is 6.42 Å². The van der Waals surface area contributed by atoms with Crippen LogP contribution < -0.4 is 0 Å². The van der Waals surface area contributed by atoms with Gasteiger partial charge in [-0.15, -0.1) is 0 Å². The second-order valence-corrected chi connectivity index (χ2v) is 5.96. The number of hydrogen-bond acceptors (Lipinski definition) is 2. The molecule has 1 aromatic rings. The van der Waals surface area contributed by atoms with Crippen molar-refractivity contribution in [2.75, 3.05) is 0 Å². The van der Waals surface area contributed by atoms with Crippen molar-refractivity contribution in [2.24, 2.45) is 0 Å². The van der Waals surface area contributed by atoms with Gasteiger partial charge in [-0.3, -0.25) is 9.48 Å². The average Bonchev–Trinajstić information content (AvgIpc) is 2.52. The molecule has 1 saturated carbocycles. The molecule has 94 valence electrons. The summed E-state index contributed by atoms with van der Waals surface area (Å²) >= 11 is 3.57. The maximum Gasteiger partial charge on any atom is 0.133 e. The summed E-state index contributed by atoms with van der Waals surface area (Å²) in [4.78, 5) is 11.7. The predicted octanol–water partition coefficient (Wildman–Crippen LogP) is 3.84. The summed E-state index contributed by atoms with van der Waals surface area (Å²) in [7, 11) is 0. The molecule has 2 rings (SSSR count). The average molecular weight is 299 g/mol. The van der Waals surface area contributed by atoms with E-state index in [0.717, 1.165) is 30.2 Å². The standard InChI is InChI=1S/C13H19BrN2O/c1-9(2)16-13(12(14)8-15-16)10-5-3-4-6-11(17)7-10/h8-10H,3-7H2,1-2H3. The fourth-order valence-electron chi connectivity index (χ4n) is 2.57. The summed E-state index contributed by atoms with van der Waals surface area (Å²) < 4.78 is 3.10. The maximum absolute atomic E-state index is 11.7. The second kappa shape index (κ2) is 5.34. The Bertz CT molecular complexity index is 412. The van der Waals surface area contributed by atoms with Gasteiger partial charge in [0.05, 0.1) is 16.4 Å². The molecule has 1 aliphatic carbocycles. The molecule has 1 atom stereocenters. The molecule has 0 saturated heterocycles. The number of halogens is 1. The third-order valence-corrected chi connectivity index (χ3v) is 4.01. The lowest BCUT2D eigenvalue weighted by Gasteiger charge is -2.18. The van der Waals surface area contributed by atoms with Crippen molar-refractivity contribution >= 4 is 21.7 Å². The van der Waals surface area contributed by atoms with Gasteiger partial charge in [0.1, 0.15) is 5.78 Å². The predicted molar refractivity (Wildman–Crippen MR) is 71.1 cm³/mol. The lowest BCUT2D eigenvalue weighted by Crippen LogP contribution is -2.13. The number of aromatic nitrogens is 2. The van der Waals surface area contributed by atoms with Gasteiger partial charge in [-0.05, 0) is 42.6 Å². The van der Waals surface area contributed by atoms with Crippen LogP contribution in [0.5, 0.6) is 0 Å². The summed E-state index contributed by atoms with van der Waals surface area (Å²) in [5.74, 6) is 0.736. The number of nitrogens with zero attached hydrogens (tertiary/aromatic N) is 2. The highest BCUT2D eigenvalue weighted by molar-refractivity contribution is 9.10. The Morgan fingerprint density at radius 2 is 2.24 bits per heavy atom. The fraction of sp³-hybridized carbons (Fsp3) is 0.692. The van der Waals surface area contributed by atoms with Crippen LogP contribution in [-0.2, 0) is 4.79 Å². The van der Waals surface area contributed by atoms with Crippen molar-refractivity contribution in [1.82, 2.24) is 9.78 Å². The molecular weight excluding hydrogens is 280 g/mol. The van der Waals surface area contributed by atoms with Crippen LogP contribution in [0.4, 0.5) is 0 Å². The van der Waals surface area contributed by atoms with Crippen molar-refractivity contribution in [3.8, 4) is 0 Å². The van der Waals surface area contributed by atoms with Gasteiger partial charge in [0.25, 0.3) is 0 Å². The van der Waals surface area contributed by atoms with Gasteiger partial charge in [-0.2, -0.15) is 5.10 Å². The van der Waals surface area contributed by atoms with E-state index >= 15 is 0 Å². The zero-order chi connectivity index (χ0) is 12.4. The SMILES string of the molecule is CC(C)n1ncc(Br)c1C1CCCCC(=O)C1. The molecule has 0 radical (unpaired) electrons. The van der Waals surface area contributed by atoms with Crippen LogP contribution in [-0.4, -0.2) is 15.6 Å². The highest BCUT2D eigenvalue weighted by Gasteiger charge is 2.25. The van der Waals surface area contributed by atoms with Gasteiger partial charge >= 0.3 is 0 Å². The molecule has 0 spiro atoms. The van der Waals surface area contributed by atoms with E-state index in [0.29, 0.717) is 24.2 Å². The Morgan fingerprint density at radius 3 is 2.94 bits per heavy atom. The normalized spacial score (nSPS) is 21.9. The minimum Gasteiger partial charge on any atom is -0.300 e. The largest absolute Gasteiger partial charge is 0.300 e. The van der Waals surface area contributed by atoms with Crippen LogP contribution in [0.25, 0.3) is 0 Å². The minimum absolute atomic E-state index is 0.337. The van der Waals surface area contributed by atoms with E-state index < -0.39 is 0 Å². The van der Waals surface area contributed by atoms with Crippen LogP contribution in [0.1, 0.15) is 63.6 Å². The topological polar surface area (TPSA) is 34.9 Å². The minimum atomic E-state index is 0.337. The smallest absolute Gasteiger partial charge is 0.133 e. The monoisotopic (exact) mass is 298 g/mol. The fourth-order valence-corrected chi connectivity index (χ4v) is 3.17. The summed E-state index contributed by atoms with van der Waals surface area (Å²) in [6.07, 6.45) is 6.57. The Balaban J connectivity index is 2.31. The van der Waals surface area contributed by atoms with E-state index in [1.54, 1.807) is 0 Å². The third kappa shape index (κ3) is 2.79.